The summed E-state index contributed by atoms with van der Waals surface area (Å²) in [5, 5.41) is 0. The van der Waals surface area contributed by atoms with E-state index in [1.165, 1.54) is 0 Å². The minimum absolute atomic E-state index is 0.177. The van der Waals surface area contributed by atoms with Gasteiger partial charge in [-0.3, -0.25) is 0 Å². The fourth-order valence-electron chi connectivity index (χ4n) is 1.08. The highest BCUT2D eigenvalue weighted by Crippen LogP contribution is 2.12. The lowest BCUT2D eigenvalue weighted by molar-refractivity contribution is 0.117. The van der Waals surface area contributed by atoms with Gasteiger partial charge >= 0.3 is 0 Å². The standard InChI is InChI=1S/C7H14O4S/c1-12(8,9)6-11-5-7-2-3-10-4-7/h7H,2-6H2,1H3/t7-/m0/s1. The second kappa shape index (κ2) is 4.20. The maximum Gasteiger partial charge on any atom is 0.171 e. The largest absolute Gasteiger partial charge is 0.381 e. The van der Waals surface area contributed by atoms with Crippen molar-refractivity contribution in [2.45, 2.75) is 6.42 Å². The van der Waals surface area contributed by atoms with E-state index in [1.54, 1.807) is 0 Å². The molecule has 0 aromatic rings. The summed E-state index contributed by atoms with van der Waals surface area (Å²) in [7, 11) is -2.98. The van der Waals surface area contributed by atoms with Crippen molar-refractivity contribution in [3.63, 3.8) is 0 Å². The van der Waals surface area contributed by atoms with Gasteiger partial charge in [0.05, 0.1) is 13.2 Å². The first-order chi connectivity index (χ1) is 5.58. The second-order valence-electron chi connectivity index (χ2n) is 3.14. The van der Waals surface area contributed by atoms with Crippen molar-refractivity contribution < 1.29 is 17.9 Å². The first kappa shape index (κ1) is 9.95. The Balaban J connectivity index is 2.09. The van der Waals surface area contributed by atoms with Crippen molar-refractivity contribution in [3.05, 3.63) is 0 Å². The first-order valence-electron chi connectivity index (χ1n) is 3.91. The van der Waals surface area contributed by atoms with Crippen molar-refractivity contribution >= 4 is 9.84 Å². The molecule has 1 aliphatic rings. The fourth-order valence-corrected chi connectivity index (χ4v) is 1.48. The fraction of sp³-hybridized carbons (Fsp3) is 1.00. The molecule has 0 unspecified atom stereocenters. The van der Waals surface area contributed by atoms with Crippen LogP contribution in [0.25, 0.3) is 0 Å². The van der Waals surface area contributed by atoms with E-state index in [1.807, 2.05) is 0 Å². The number of ether oxygens (including phenoxy) is 2. The normalized spacial score (nSPS) is 24.6. The quantitative estimate of drug-likeness (QED) is 0.634. The second-order valence-corrected chi connectivity index (χ2v) is 5.23. The van der Waals surface area contributed by atoms with Crippen LogP contribution < -0.4 is 0 Å². The third kappa shape index (κ3) is 4.04. The number of sulfone groups is 1. The Kier molecular flexibility index (Phi) is 3.49. The predicted octanol–water partition coefficient (Wildman–Crippen LogP) is 0.0416. The van der Waals surface area contributed by atoms with Crippen LogP contribution in [-0.4, -0.2) is 40.4 Å². The Bertz CT molecular complexity index is 216. The molecule has 0 aromatic carbocycles. The molecule has 0 radical (unpaired) electrons. The Hall–Kier alpha value is -0.130. The molecule has 0 bridgehead atoms. The summed E-state index contributed by atoms with van der Waals surface area (Å²) in [6.45, 7) is 1.96. The van der Waals surface area contributed by atoms with Crippen LogP contribution in [0.1, 0.15) is 6.42 Å². The van der Waals surface area contributed by atoms with Gasteiger partial charge in [-0.1, -0.05) is 0 Å². The highest BCUT2D eigenvalue weighted by Gasteiger charge is 2.16. The van der Waals surface area contributed by atoms with Crippen LogP contribution in [0.15, 0.2) is 0 Å². The highest BCUT2D eigenvalue weighted by molar-refractivity contribution is 7.90. The van der Waals surface area contributed by atoms with E-state index in [-0.39, 0.29) is 5.94 Å². The SMILES string of the molecule is CS(=O)(=O)COC[C@H]1CCOC1. The van der Waals surface area contributed by atoms with Gasteiger partial charge in [-0.15, -0.1) is 0 Å². The molecule has 4 nitrogen and oxygen atoms in total. The Morgan fingerprint density at radius 3 is 2.83 bits per heavy atom. The lowest BCUT2D eigenvalue weighted by Gasteiger charge is -2.06. The maximum absolute atomic E-state index is 10.6. The van der Waals surface area contributed by atoms with E-state index in [4.69, 9.17) is 9.47 Å². The van der Waals surface area contributed by atoms with Crippen LogP contribution in [0, 0.1) is 5.92 Å². The van der Waals surface area contributed by atoms with Crippen molar-refractivity contribution in [1.82, 2.24) is 0 Å². The molecule has 0 saturated carbocycles. The van der Waals surface area contributed by atoms with Crippen LogP contribution in [0.5, 0.6) is 0 Å². The third-order valence-corrected chi connectivity index (χ3v) is 2.27. The average Bonchev–Trinajstić information content (AvgIpc) is 2.36. The van der Waals surface area contributed by atoms with Gasteiger partial charge in [0.15, 0.2) is 9.84 Å². The molecule has 0 spiro atoms. The molecular weight excluding hydrogens is 180 g/mol. The topological polar surface area (TPSA) is 52.6 Å². The van der Waals surface area contributed by atoms with Gasteiger partial charge in [-0.25, -0.2) is 8.42 Å². The summed E-state index contributed by atoms with van der Waals surface area (Å²) in [5.74, 6) is 0.204. The minimum atomic E-state index is -2.98. The molecular formula is C7H14O4S. The van der Waals surface area contributed by atoms with Crippen molar-refractivity contribution in [2.75, 3.05) is 32.0 Å². The summed E-state index contributed by atoms with van der Waals surface area (Å²) in [6.07, 6.45) is 2.14. The highest BCUT2D eigenvalue weighted by atomic mass is 32.2. The predicted molar refractivity (Wildman–Crippen MR) is 44.6 cm³/mol. The number of rotatable bonds is 4. The van der Waals surface area contributed by atoms with E-state index in [0.29, 0.717) is 19.1 Å². The Labute approximate surface area is 72.8 Å². The molecule has 1 aliphatic heterocycles. The van der Waals surface area contributed by atoms with Gasteiger partial charge in [0.2, 0.25) is 0 Å². The molecule has 12 heavy (non-hydrogen) atoms. The van der Waals surface area contributed by atoms with Gasteiger partial charge in [-0.2, -0.15) is 0 Å². The molecule has 0 aliphatic carbocycles. The zero-order valence-corrected chi connectivity index (χ0v) is 7.97. The summed E-state index contributed by atoms with van der Waals surface area (Å²) in [5.41, 5.74) is 0. The smallest absolute Gasteiger partial charge is 0.171 e. The van der Waals surface area contributed by atoms with Crippen molar-refractivity contribution in [3.8, 4) is 0 Å². The van der Waals surface area contributed by atoms with Crippen molar-refractivity contribution in [2.24, 2.45) is 5.92 Å². The van der Waals surface area contributed by atoms with Crippen LogP contribution in [0.2, 0.25) is 0 Å². The van der Waals surface area contributed by atoms with E-state index >= 15 is 0 Å². The maximum atomic E-state index is 10.6. The first-order valence-corrected chi connectivity index (χ1v) is 5.97. The zero-order chi connectivity index (χ0) is 9.03. The molecule has 1 rings (SSSR count). The minimum Gasteiger partial charge on any atom is -0.381 e. The lowest BCUT2D eigenvalue weighted by Crippen LogP contribution is -2.14. The van der Waals surface area contributed by atoms with Crippen LogP contribution in [0.4, 0.5) is 0 Å². The molecule has 0 N–H and O–H groups in total. The third-order valence-electron chi connectivity index (χ3n) is 1.67. The van der Waals surface area contributed by atoms with Gasteiger partial charge in [0.1, 0.15) is 5.94 Å². The molecule has 0 amide bonds. The van der Waals surface area contributed by atoms with Gasteiger partial charge < -0.3 is 9.47 Å². The zero-order valence-electron chi connectivity index (χ0n) is 7.15. The molecule has 0 aromatic heterocycles. The summed E-state index contributed by atoms with van der Waals surface area (Å²) in [6, 6.07) is 0. The molecule has 1 fully saturated rings. The molecule has 1 heterocycles. The summed E-state index contributed by atoms with van der Waals surface area (Å²) in [4.78, 5) is 0. The molecule has 5 heteroatoms. The molecule has 1 saturated heterocycles. The summed E-state index contributed by atoms with van der Waals surface area (Å²) < 4.78 is 31.4. The van der Waals surface area contributed by atoms with Crippen LogP contribution >= 0.6 is 0 Å². The molecule has 1 atom stereocenters. The Morgan fingerprint density at radius 2 is 2.33 bits per heavy atom. The lowest BCUT2D eigenvalue weighted by atomic mass is 10.1. The van der Waals surface area contributed by atoms with E-state index in [2.05, 4.69) is 0 Å². The van der Waals surface area contributed by atoms with Crippen LogP contribution in [-0.2, 0) is 19.3 Å². The van der Waals surface area contributed by atoms with E-state index < -0.39 is 9.84 Å². The number of hydrogen-bond acceptors (Lipinski definition) is 4. The molecule has 72 valence electrons. The summed E-state index contributed by atoms with van der Waals surface area (Å²) >= 11 is 0. The van der Waals surface area contributed by atoms with E-state index in [9.17, 15) is 8.42 Å². The monoisotopic (exact) mass is 194 g/mol. The van der Waals surface area contributed by atoms with Gasteiger partial charge in [0, 0.05) is 18.8 Å². The van der Waals surface area contributed by atoms with Crippen molar-refractivity contribution in [1.29, 1.82) is 0 Å². The van der Waals surface area contributed by atoms with Gasteiger partial charge in [0.25, 0.3) is 0 Å². The Morgan fingerprint density at radius 1 is 1.58 bits per heavy atom. The van der Waals surface area contributed by atoms with E-state index in [0.717, 1.165) is 19.3 Å². The number of hydrogen-bond donors (Lipinski definition) is 0. The average molecular weight is 194 g/mol. The van der Waals surface area contributed by atoms with Crippen LogP contribution in [0.3, 0.4) is 0 Å². The van der Waals surface area contributed by atoms with Gasteiger partial charge in [-0.05, 0) is 6.42 Å².